The van der Waals surface area contributed by atoms with E-state index in [-0.39, 0.29) is 11.8 Å². The monoisotopic (exact) mass is 286 g/mol. The summed E-state index contributed by atoms with van der Waals surface area (Å²) in [5.74, 6) is 1.26. The van der Waals surface area contributed by atoms with Gasteiger partial charge in [0.1, 0.15) is 0 Å². The zero-order valence-corrected chi connectivity index (χ0v) is 12.7. The Bertz CT molecular complexity index is 457. The zero-order chi connectivity index (χ0) is 14.5. The van der Waals surface area contributed by atoms with Gasteiger partial charge in [0.25, 0.3) is 0 Å². The van der Waals surface area contributed by atoms with Crippen molar-refractivity contribution in [3.05, 3.63) is 24.3 Å². The number of carbonyl (C=O) groups is 1. The van der Waals surface area contributed by atoms with Crippen LogP contribution in [0, 0.1) is 11.8 Å². The summed E-state index contributed by atoms with van der Waals surface area (Å²) in [6.45, 7) is 1.08. The van der Waals surface area contributed by atoms with E-state index in [2.05, 4.69) is 22.8 Å². The molecule has 0 spiro atoms. The molecule has 1 aromatic rings. The largest absolute Gasteiger partial charge is 0.385 e. The number of amides is 1. The predicted molar refractivity (Wildman–Crippen MR) is 87.5 cm³/mol. The van der Waals surface area contributed by atoms with Crippen molar-refractivity contribution >= 4 is 17.3 Å². The molecule has 2 aliphatic carbocycles. The molecule has 2 aliphatic rings. The third-order valence-corrected chi connectivity index (χ3v) is 4.67. The highest BCUT2D eigenvalue weighted by Gasteiger charge is 2.29. The fourth-order valence-electron chi connectivity index (χ4n) is 3.09. The normalized spacial score (nSPS) is 19.8. The number of rotatable bonds is 5. The highest BCUT2D eigenvalue weighted by Crippen LogP contribution is 2.30. The minimum absolute atomic E-state index is 0.175. The first kappa shape index (κ1) is 14.4. The summed E-state index contributed by atoms with van der Waals surface area (Å²) in [7, 11) is 0. The maximum absolute atomic E-state index is 11.7. The molecule has 21 heavy (non-hydrogen) atoms. The summed E-state index contributed by atoms with van der Waals surface area (Å²) in [6, 6.07) is 8.13. The molecule has 0 aliphatic heterocycles. The molecule has 0 unspecified atom stereocenters. The molecule has 0 saturated heterocycles. The molecule has 2 N–H and O–H groups in total. The minimum Gasteiger partial charge on any atom is -0.385 e. The van der Waals surface area contributed by atoms with Gasteiger partial charge in [-0.3, -0.25) is 4.79 Å². The summed E-state index contributed by atoms with van der Waals surface area (Å²) in [5.41, 5.74) is 2.07. The molecular formula is C18H26N2O. The van der Waals surface area contributed by atoms with Crippen molar-refractivity contribution < 1.29 is 4.79 Å². The zero-order valence-electron chi connectivity index (χ0n) is 12.7. The van der Waals surface area contributed by atoms with Crippen molar-refractivity contribution in [1.29, 1.82) is 0 Å². The lowest BCUT2D eigenvalue weighted by Gasteiger charge is -2.16. The van der Waals surface area contributed by atoms with Crippen LogP contribution in [0.4, 0.5) is 11.4 Å². The molecular weight excluding hydrogens is 260 g/mol. The number of hydrogen-bond acceptors (Lipinski definition) is 2. The van der Waals surface area contributed by atoms with E-state index in [9.17, 15) is 4.79 Å². The molecule has 1 amide bonds. The van der Waals surface area contributed by atoms with Crippen molar-refractivity contribution in [3.63, 3.8) is 0 Å². The van der Waals surface area contributed by atoms with Gasteiger partial charge in [-0.25, -0.2) is 0 Å². The second kappa shape index (κ2) is 6.97. The van der Waals surface area contributed by atoms with Crippen LogP contribution in [0.5, 0.6) is 0 Å². The SMILES string of the molecule is O=C(Nc1ccc(NCC2CCCCCC2)cc1)C1CC1. The Hall–Kier alpha value is -1.51. The summed E-state index contributed by atoms with van der Waals surface area (Å²) < 4.78 is 0. The number of anilines is 2. The van der Waals surface area contributed by atoms with E-state index in [4.69, 9.17) is 0 Å². The fourth-order valence-corrected chi connectivity index (χ4v) is 3.09. The van der Waals surface area contributed by atoms with Gasteiger partial charge in [-0.2, -0.15) is 0 Å². The average molecular weight is 286 g/mol. The molecule has 0 aromatic heterocycles. The van der Waals surface area contributed by atoms with Gasteiger partial charge in [-0.1, -0.05) is 25.7 Å². The van der Waals surface area contributed by atoms with Crippen molar-refractivity contribution in [2.24, 2.45) is 11.8 Å². The van der Waals surface area contributed by atoms with Crippen LogP contribution in [0.25, 0.3) is 0 Å². The molecule has 3 heteroatoms. The Morgan fingerprint density at radius 2 is 1.52 bits per heavy atom. The first-order chi connectivity index (χ1) is 10.3. The van der Waals surface area contributed by atoms with E-state index in [1.54, 1.807) is 0 Å². The second-order valence-electron chi connectivity index (χ2n) is 6.58. The topological polar surface area (TPSA) is 41.1 Å². The van der Waals surface area contributed by atoms with Crippen LogP contribution in [0.2, 0.25) is 0 Å². The van der Waals surface area contributed by atoms with Crippen LogP contribution in [-0.2, 0) is 4.79 Å². The Morgan fingerprint density at radius 3 is 2.14 bits per heavy atom. The third-order valence-electron chi connectivity index (χ3n) is 4.67. The van der Waals surface area contributed by atoms with Crippen molar-refractivity contribution in [1.82, 2.24) is 0 Å². The van der Waals surface area contributed by atoms with Crippen LogP contribution in [0.3, 0.4) is 0 Å². The predicted octanol–water partition coefficient (Wildman–Crippen LogP) is 4.42. The Labute approximate surface area is 127 Å². The van der Waals surface area contributed by atoms with E-state index in [0.717, 1.165) is 36.7 Å². The van der Waals surface area contributed by atoms with E-state index < -0.39 is 0 Å². The molecule has 2 fully saturated rings. The highest BCUT2D eigenvalue weighted by atomic mass is 16.2. The fraction of sp³-hybridized carbons (Fsp3) is 0.611. The first-order valence-electron chi connectivity index (χ1n) is 8.46. The summed E-state index contributed by atoms with van der Waals surface area (Å²) in [5, 5.41) is 6.52. The lowest BCUT2D eigenvalue weighted by molar-refractivity contribution is -0.117. The molecule has 0 atom stereocenters. The summed E-state index contributed by atoms with van der Waals surface area (Å²) in [6.07, 6.45) is 10.4. The van der Waals surface area contributed by atoms with Gasteiger partial charge in [0.05, 0.1) is 0 Å². The van der Waals surface area contributed by atoms with Crippen LogP contribution in [0.1, 0.15) is 51.4 Å². The van der Waals surface area contributed by atoms with E-state index in [0.29, 0.717) is 0 Å². The maximum atomic E-state index is 11.7. The van der Waals surface area contributed by atoms with Crippen molar-refractivity contribution in [3.8, 4) is 0 Å². The molecule has 114 valence electrons. The van der Waals surface area contributed by atoms with E-state index in [1.165, 1.54) is 38.5 Å². The Balaban J connectivity index is 1.46. The number of nitrogens with one attached hydrogen (secondary N) is 2. The summed E-state index contributed by atoms with van der Waals surface area (Å²) in [4.78, 5) is 11.7. The smallest absolute Gasteiger partial charge is 0.227 e. The van der Waals surface area contributed by atoms with E-state index in [1.807, 2.05) is 12.1 Å². The quantitative estimate of drug-likeness (QED) is 0.787. The molecule has 0 heterocycles. The van der Waals surface area contributed by atoms with Gasteiger partial charge in [0.2, 0.25) is 5.91 Å². The van der Waals surface area contributed by atoms with Crippen LogP contribution in [0.15, 0.2) is 24.3 Å². The van der Waals surface area contributed by atoms with Gasteiger partial charge < -0.3 is 10.6 Å². The molecule has 2 saturated carbocycles. The minimum atomic E-state index is 0.175. The lowest BCUT2D eigenvalue weighted by atomic mass is 10.0. The standard InChI is InChI=1S/C18H26N2O/c21-18(15-7-8-15)20-17-11-9-16(10-12-17)19-13-14-5-3-1-2-4-6-14/h9-12,14-15,19H,1-8,13H2,(H,20,21). The first-order valence-corrected chi connectivity index (χ1v) is 8.46. The number of hydrogen-bond donors (Lipinski definition) is 2. The summed E-state index contributed by atoms with van der Waals surface area (Å²) >= 11 is 0. The lowest BCUT2D eigenvalue weighted by Crippen LogP contribution is -2.14. The highest BCUT2D eigenvalue weighted by molar-refractivity contribution is 5.94. The van der Waals surface area contributed by atoms with Crippen LogP contribution in [-0.4, -0.2) is 12.5 Å². The van der Waals surface area contributed by atoms with Gasteiger partial charge in [0.15, 0.2) is 0 Å². The molecule has 0 bridgehead atoms. The van der Waals surface area contributed by atoms with E-state index >= 15 is 0 Å². The second-order valence-corrected chi connectivity index (χ2v) is 6.58. The maximum Gasteiger partial charge on any atom is 0.227 e. The Kier molecular flexibility index (Phi) is 4.79. The van der Waals surface area contributed by atoms with Crippen LogP contribution < -0.4 is 10.6 Å². The van der Waals surface area contributed by atoms with Gasteiger partial charge >= 0.3 is 0 Å². The van der Waals surface area contributed by atoms with Crippen molar-refractivity contribution in [2.75, 3.05) is 17.2 Å². The van der Waals surface area contributed by atoms with Gasteiger partial charge in [-0.15, -0.1) is 0 Å². The molecule has 0 radical (unpaired) electrons. The van der Waals surface area contributed by atoms with Crippen LogP contribution >= 0.6 is 0 Å². The van der Waals surface area contributed by atoms with Crippen molar-refractivity contribution in [2.45, 2.75) is 51.4 Å². The third kappa shape index (κ3) is 4.48. The molecule has 3 rings (SSSR count). The molecule has 3 nitrogen and oxygen atoms in total. The molecule has 1 aromatic carbocycles. The van der Waals surface area contributed by atoms with Gasteiger partial charge in [0, 0.05) is 23.8 Å². The average Bonchev–Trinajstić information content (AvgIpc) is 3.34. The Morgan fingerprint density at radius 1 is 0.905 bits per heavy atom. The number of carbonyl (C=O) groups excluding carboxylic acids is 1. The number of benzene rings is 1. The van der Waals surface area contributed by atoms with Gasteiger partial charge in [-0.05, 0) is 55.9 Å².